The zero-order valence-corrected chi connectivity index (χ0v) is 18.6. The van der Waals surface area contributed by atoms with Gasteiger partial charge in [0.25, 0.3) is 0 Å². The molecule has 4 nitrogen and oxygen atoms in total. The molecule has 0 bridgehead atoms. The predicted octanol–water partition coefficient (Wildman–Crippen LogP) is 4.47. The van der Waals surface area contributed by atoms with Crippen LogP contribution >= 0.6 is 0 Å². The van der Waals surface area contributed by atoms with Crippen molar-refractivity contribution in [1.29, 1.82) is 0 Å². The van der Waals surface area contributed by atoms with E-state index < -0.39 is 0 Å². The smallest absolute Gasteiger partial charge is 0.0506 e. The van der Waals surface area contributed by atoms with Crippen LogP contribution < -0.4 is 0 Å². The number of unbranched alkanes of at least 4 members (excludes halogenated alkanes) is 6. The van der Waals surface area contributed by atoms with Gasteiger partial charge in [0, 0.05) is 26.2 Å². The van der Waals surface area contributed by atoms with Crippen molar-refractivity contribution < 1.29 is 0 Å². The van der Waals surface area contributed by atoms with E-state index in [1.807, 2.05) is 0 Å². The van der Waals surface area contributed by atoms with Crippen LogP contribution in [0.5, 0.6) is 0 Å². The van der Waals surface area contributed by atoms with Gasteiger partial charge in [-0.05, 0) is 64.7 Å². The van der Waals surface area contributed by atoms with E-state index in [0.717, 1.165) is 0 Å². The van der Waals surface area contributed by atoms with E-state index in [4.69, 9.17) is 0 Å². The molecule has 0 aromatic rings. The molecule has 4 heteroatoms. The Balaban J connectivity index is 1.37. The molecule has 0 amide bonds. The van der Waals surface area contributed by atoms with E-state index in [1.165, 1.54) is 136 Å². The van der Waals surface area contributed by atoms with Gasteiger partial charge >= 0.3 is 0 Å². The van der Waals surface area contributed by atoms with Crippen molar-refractivity contribution in [3.63, 3.8) is 0 Å². The number of rotatable bonds is 14. The highest BCUT2D eigenvalue weighted by Gasteiger charge is 2.16. The Morgan fingerprint density at radius 1 is 0.444 bits per heavy atom. The maximum absolute atomic E-state index is 2.68. The second-order valence-corrected chi connectivity index (χ2v) is 8.94. The standard InChI is InChI=1S/C23H48N4/c1-3-14-24-18-12-20-26(22-24)16-10-8-6-5-7-9-11-17-27-21-13-19-25(23-27)15-4-2/h3-23H2,1-2H3. The minimum Gasteiger partial charge on any atom is -0.290 e. The van der Waals surface area contributed by atoms with Crippen LogP contribution in [0.25, 0.3) is 0 Å². The van der Waals surface area contributed by atoms with E-state index in [2.05, 4.69) is 33.4 Å². The maximum Gasteiger partial charge on any atom is 0.0506 e. The van der Waals surface area contributed by atoms with Gasteiger partial charge in [-0.1, -0.05) is 46.0 Å². The Hall–Kier alpha value is -0.160. The summed E-state index contributed by atoms with van der Waals surface area (Å²) in [5.74, 6) is 0. The predicted molar refractivity (Wildman–Crippen MR) is 118 cm³/mol. The first-order chi connectivity index (χ1) is 13.3. The Morgan fingerprint density at radius 3 is 1.15 bits per heavy atom. The molecule has 0 radical (unpaired) electrons. The number of hydrogen-bond donors (Lipinski definition) is 0. The first-order valence-electron chi connectivity index (χ1n) is 12.2. The molecule has 0 unspecified atom stereocenters. The van der Waals surface area contributed by atoms with Gasteiger partial charge in [0.1, 0.15) is 0 Å². The van der Waals surface area contributed by atoms with Crippen LogP contribution in [0, 0.1) is 0 Å². The van der Waals surface area contributed by atoms with Crippen LogP contribution in [0.15, 0.2) is 0 Å². The van der Waals surface area contributed by atoms with Gasteiger partial charge in [0.15, 0.2) is 0 Å². The number of nitrogens with zero attached hydrogens (tertiary/aromatic N) is 4. The molecule has 27 heavy (non-hydrogen) atoms. The van der Waals surface area contributed by atoms with Crippen LogP contribution in [-0.4, -0.2) is 85.3 Å². The van der Waals surface area contributed by atoms with E-state index in [-0.39, 0.29) is 0 Å². The molecule has 2 rings (SSSR count). The lowest BCUT2D eigenvalue weighted by atomic mass is 10.1. The van der Waals surface area contributed by atoms with E-state index in [1.54, 1.807) is 0 Å². The van der Waals surface area contributed by atoms with Gasteiger partial charge in [0.05, 0.1) is 13.3 Å². The molecule has 2 heterocycles. The summed E-state index contributed by atoms with van der Waals surface area (Å²) in [5, 5.41) is 0. The van der Waals surface area contributed by atoms with Crippen LogP contribution in [0.1, 0.15) is 84.5 Å². The molecule has 0 aromatic heterocycles. The topological polar surface area (TPSA) is 13.0 Å². The third-order valence-electron chi connectivity index (χ3n) is 6.23. The summed E-state index contributed by atoms with van der Waals surface area (Å²) in [7, 11) is 0. The first-order valence-corrected chi connectivity index (χ1v) is 12.2. The molecule has 0 atom stereocenters. The van der Waals surface area contributed by atoms with E-state index in [0.29, 0.717) is 0 Å². The molecular formula is C23H48N4. The highest BCUT2D eigenvalue weighted by molar-refractivity contribution is 4.69. The van der Waals surface area contributed by atoms with Crippen LogP contribution in [0.3, 0.4) is 0 Å². The van der Waals surface area contributed by atoms with Crippen molar-refractivity contribution in [1.82, 2.24) is 19.6 Å². The van der Waals surface area contributed by atoms with Crippen molar-refractivity contribution in [3.05, 3.63) is 0 Å². The summed E-state index contributed by atoms with van der Waals surface area (Å²) in [6.45, 7) is 17.5. The summed E-state index contributed by atoms with van der Waals surface area (Å²) < 4.78 is 0. The summed E-state index contributed by atoms with van der Waals surface area (Å²) >= 11 is 0. The maximum atomic E-state index is 2.68. The molecule has 160 valence electrons. The van der Waals surface area contributed by atoms with Crippen molar-refractivity contribution in [2.24, 2.45) is 0 Å². The van der Waals surface area contributed by atoms with Crippen molar-refractivity contribution >= 4 is 0 Å². The molecule has 0 N–H and O–H groups in total. The molecule has 2 fully saturated rings. The molecule has 2 aliphatic heterocycles. The molecular weight excluding hydrogens is 332 g/mol. The second-order valence-electron chi connectivity index (χ2n) is 8.94. The lowest BCUT2D eigenvalue weighted by Gasteiger charge is -2.35. The van der Waals surface area contributed by atoms with Crippen molar-refractivity contribution in [2.75, 3.05) is 65.7 Å². The van der Waals surface area contributed by atoms with Crippen LogP contribution in [-0.2, 0) is 0 Å². The highest BCUT2D eigenvalue weighted by atomic mass is 15.3. The molecule has 2 saturated heterocycles. The van der Waals surface area contributed by atoms with Gasteiger partial charge in [0.2, 0.25) is 0 Å². The lowest BCUT2D eigenvalue weighted by molar-refractivity contribution is 0.0841. The third-order valence-corrected chi connectivity index (χ3v) is 6.23. The Labute approximate surface area is 170 Å². The Morgan fingerprint density at radius 2 is 0.778 bits per heavy atom. The first kappa shape index (κ1) is 23.1. The highest BCUT2D eigenvalue weighted by Crippen LogP contribution is 2.12. The molecule has 0 aliphatic carbocycles. The molecule has 0 aromatic carbocycles. The van der Waals surface area contributed by atoms with E-state index >= 15 is 0 Å². The Kier molecular flexibility index (Phi) is 12.7. The lowest BCUT2D eigenvalue weighted by Crippen LogP contribution is -2.45. The summed E-state index contributed by atoms with van der Waals surface area (Å²) in [6, 6.07) is 0. The molecule has 2 aliphatic rings. The molecule has 0 saturated carbocycles. The van der Waals surface area contributed by atoms with Crippen molar-refractivity contribution in [2.45, 2.75) is 84.5 Å². The van der Waals surface area contributed by atoms with Gasteiger partial charge in [-0.15, -0.1) is 0 Å². The number of hydrogen-bond acceptors (Lipinski definition) is 4. The SMILES string of the molecule is CCCN1CCCN(CCCCCCCCCN2CCCN(CCC)C2)C1. The van der Waals surface area contributed by atoms with Gasteiger partial charge in [-0.25, -0.2) is 0 Å². The van der Waals surface area contributed by atoms with Crippen LogP contribution in [0.2, 0.25) is 0 Å². The van der Waals surface area contributed by atoms with Gasteiger partial charge in [-0.3, -0.25) is 19.6 Å². The fraction of sp³-hybridized carbons (Fsp3) is 1.00. The molecule has 0 spiro atoms. The van der Waals surface area contributed by atoms with Crippen molar-refractivity contribution in [3.8, 4) is 0 Å². The average molecular weight is 381 g/mol. The van der Waals surface area contributed by atoms with E-state index in [9.17, 15) is 0 Å². The summed E-state index contributed by atoms with van der Waals surface area (Å²) in [4.78, 5) is 10.6. The summed E-state index contributed by atoms with van der Waals surface area (Å²) in [6.07, 6.45) is 15.3. The van der Waals surface area contributed by atoms with Gasteiger partial charge in [-0.2, -0.15) is 0 Å². The third kappa shape index (κ3) is 10.3. The quantitative estimate of drug-likeness (QED) is 0.412. The fourth-order valence-corrected chi connectivity index (χ4v) is 4.80. The van der Waals surface area contributed by atoms with Gasteiger partial charge < -0.3 is 0 Å². The zero-order valence-electron chi connectivity index (χ0n) is 18.6. The normalized spacial score (nSPS) is 21.1. The Bertz CT molecular complexity index is 313. The minimum atomic E-state index is 1.22. The van der Waals surface area contributed by atoms with Crippen LogP contribution in [0.4, 0.5) is 0 Å². The second kappa shape index (κ2) is 14.8. The monoisotopic (exact) mass is 380 g/mol. The average Bonchev–Trinajstić information content (AvgIpc) is 2.68. The largest absolute Gasteiger partial charge is 0.290 e. The minimum absolute atomic E-state index is 1.22. The zero-order chi connectivity index (χ0) is 19.2. The fourth-order valence-electron chi connectivity index (χ4n) is 4.80. The summed E-state index contributed by atoms with van der Waals surface area (Å²) in [5.41, 5.74) is 0.